The highest BCUT2D eigenvalue weighted by atomic mass is 32.1. The molecule has 2 N–H and O–H groups in total. The lowest BCUT2D eigenvalue weighted by atomic mass is 10.1. The van der Waals surface area contributed by atoms with Gasteiger partial charge in [-0.05, 0) is 12.3 Å². The first kappa shape index (κ1) is 16.4. The minimum atomic E-state index is -0.965. The number of nitrogens with zero attached hydrogens (tertiary/aromatic N) is 1. The van der Waals surface area contributed by atoms with E-state index in [0.29, 0.717) is 17.4 Å². The maximum Gasteiger partial charge on any atom is 0.311 e. The number of carboxylic acids is 1. The highest BCUT2D eigenvalue weighted by Gasteiger charge is 2.65. The number of carboxylic acid groups (broad SMARTS) is 1. The molecule has 8 heteroatoms. The number of amides is 1. The van der Waals surface area contributed by atoms with Crippen LogP contribution in [0, 0.1) is 17.3 Å². The zero-order chi connectivity index (χ0) is 16.5. The predicted octanol–water partition coefficient (Wildman–Crippen LogP) is 1.54. The number of esters is 1. The van der Waals surface area contributed by atoms with E-state index in [9.17, 15) is 14.4 Å². The number of nitrogens with one attached hydrogen (secondary N) is 1. The summed E-state index contributed by atoms with van der Waals surface area (Å²) in [4.78, 5) is 38.7. The number of carbonyl (C=O) groups excluding carboxylic acids is 2. The second kappa shape index (κ2) is 6.04. The first-order valence-electron chi connectivity index (χ1n) is 6.91. The van der Waals surface area contributed by atoms with Gasteiger partial charge >= 0.3 is 11.9 Å². The number of thiazole rings is 1. The van der Waals surface area contributed by atoms with Gasteiger partial charge in [0.2, 0.25) is 5.91 Å². The Labute approximate surface area is 131 Å². The molecule has 22 heavy (non-hydrogen) atoms. The van der Waals surface area contributed by atoms with Gasteiger partial charge in [0.25, 0.3) is 0 Å². The van der Waals surface area contributed by atoms with Crippen molar-refractivity contribution in [1.29, 1.82) is 0 Å². The number of rotatable bonds is 6. The van der Waals surface area contributed by atoms with Gasteiger partial charge in [0.15, 0.2) is 5.13 Å². The molecule has 1 heterocycles. The lowest BCUT2D eigenvalue weighted by Gasteiger charge is -2.02. The second-order valence-corrected chi connectivity index (χ2v) is 6.59. The number of hydrogen-bond acceptors (Lipinski definition) is 6. The monoisotopic (exact) mass is 326 g/mol. The summed E-state index contributed by atoms with van der Waals surface area (Å²) in [6, 6.07) is 0. The van der Waals surface area contributed by atoms with Crippen molar-refractivity contribution in [2.45, 2.75) is 27.2 Å². The lowest BCUT2D eigenvalue weighted by Crippen LogP contribution is -2.17. The van der Waals surface area contributed by atoms with Crippen LogP contribution in [0.2, 0.25) is 0 Å². The van der Waals surface area contributed by atoms with E-state index in [2.05, 4.69) is 10.3 Å². The van der Waals surface area contributed by atoms with E-state index < -0.39 is 23.2 Å². The topological polar surface area (TPSA) is 106 Å². The first-order chi connectivity index (χ1) is 10.3. The van der Waals surface area contributed by atoms with E-state index in [0.717, 1.165) is 0 Å². The van der Waals surface area contributed by atoms with Crippen LogP contribution in [0.3, 0.4) is 0 Å². The molecule has 2 rings (SSSR count). The van der Waals surface area contributed by atoms with Gasteiger partial charge < -0.3 is 15.2 Å². The first-order valence-corrected chi connectivity index (χ1v) is 7.79. The molecule has 1 amide bonds. The minimum Gasteiger partial charge on any atom is -0.481 e. The van der Waals surface area contributed by atoms with Crippen molar-refractivity contribution in [2.75, 3.05) is 11.9 Å². The summed E-state index contributed by atoms with van der Waals surface area (Å²) in [6.07, 6.45) is 0.0485. The number of carbonyl (C=O) groups is 3. The molecule has 1 aliphatic carbocycles. The molecule has 0 aliphatic heterocycles. The van der Waals surface area contributed by atoms with Gasteiger partial charge in [-0.1, -0.05) is 13.8 Å². The Morgan fingerprint density at radius 3 is 2.64 bits per heavy atom. The standard InChI is InChI=1S/C14H18N2O5S/c1-4-21-8(17)5-7-6-22-13(15-7)16-11(18)9-10(12(19)20)14(9,2)3/h6,9-10H,4-5H2,1-3H3,(H,19,20)(H,15,16,18)/t9-,10+/m1/s1. The second-order valence-electron chi connectivity index (χ2n) is 5.73. The Hall–Kier alpha value is -1.96. The van der Waals surface area contributed by atoms with E-state index in [1.165, 1.54) is 11.3 Å². The fourth-order valence-electron chi connectivity index (χ4n) is 2.58. The van der Waals surface area contributed by atoms with Crippen LogP contribution in [0.25, 0.3) is 0 Å². The molecule has 1 saturated carbocycles. The summed E-state index contributed by atoms with van der Waals surface area (Å²) in [5, 5.41) is 13.7. The molecule has 120 valence electrons. The molecule has 1 aliphatic rings. The number of aromatic nitrogens is 1. The fourth-order valence-corrected chi connectivity index (χ4v) is 3.29. The van der Waals surface area contributed by atoms with Gasteiger partial charge in [-0.2, -0.15) is 0 Å². The van der Waals surface area contributed by atoms with Gasteiger partial charge in [0.1, 0.15) is 0 Å². The van der Waals surface area contributed by atoms with Crippen molar-refractivity contribution < 1.29 is 24.2 Å². The van der Waals surface area contributed by atoms with Crippen molar-refractivity contribution in [3.05, 3.63) is 11.1 Å². The van der Waals surface area contributed by atoms with Crippen LogP contribution in [-0.4, -0.2) is 34.5 Å². The van der Waals surface area contributed by atoms with Crippen LogP contribution in [-0.2, 0) is 25.5 Å². The molecule has 0 aromatic carbocycles. The molecular weight excluding hydrogens is 308 g/mol. The Morgan fingerprint density at radius 2 is 2.09 bits per heavy atom. The molecule has 0 spiro atoms. The molecule has 1 fully saturated rings. The molecule has 0 saturated heterocycles. The quantitative estimate of drug-likeness (QED) is 0.768. The maximum absolute atomic E-state index is 12.1. The number of ether oxygens (including phenoxy) is 1. The third-order valence-electron chi connectivity index (χ3n) is 3.79. The Bertz CT molecular complexity index is 610. The van der Waals surface area contributed by atoms with Crippen molar-refractivity contribution >= 4 is 34.3 Å². The summed E-state index contributed by atoms with van der Waals surface area (Å²) in [7, 11) is 0. The lowest BCUT2D eigenvalue weighted by molar-refractivity contribution is -0.142. The van der Waals surface area contributed by atoms with E-state index in [1.54, 1.807) is 26.2 Å². The Morgan fingerprint density at radius 1 is 1.41 bits per heavy atom. The van der Waals surface area contributed by atoms with Crippen LogP contribution >= 0.6 is 11.3 Å². The van der Waals surface area contributed by atoms with Crippen molar-refractivity contribution in [2.24, 2.45) is 17.3 Å². The van der Waals surface area contributed by atoms with Crippen LogP contribution in [0.15, 0.2) is 5.38 Å². The molecular formula is C14H18N2O5S. The van der Waals surface area contributed by atoms with E-state index in [-0.39, 0.29) is 18.3 Å². The average Bonchev–Trinajstić information content (AvgIpc) is 2.74. The zero-order valence-electron chi connectivity index (χ0n) is 12.6. The minimum absolute atomic E-state index is 0.0485. The van der Waals surface area contributed by atoms with Crippen molar-refractivity contribution in [1.82, 2.24) is 4.98 Å². The fraction of sp³-hybridized carbons (Fsp3) is 0.571. The molecule has 2 atom stereocenters. The summed E-state index contributed by atoms with van der Waals surface area (Å²) < 4.78 is 4.83. The van der Waals surface area contributed by atoms with Crippen LogP contribution in [0.4, 0.5) is 5.13 Å². The van der Waals surface area contributed by atoms with Crippen LogP contribution in [0.1, 0.15) is 26.5 Å². The molecule has 1 aromatic heterocycles. The predicted molar refractivity (Wildman–Crippen MR) is 79.5 cm³/mol. The zero-order valence-corrected chi connectivity index (χ0v) is 13.4. The highest BCUT2D eigenvalue weighted by molar-refractivity contribution is 7.13. The van der Waals surface area contributed by atoms with Gasteiger partial charge in [0.05, 0.1) is 30.6 Å². The SMILES string of the molecule is CCOC(=O)Cc1csc(NC(=O)[C@H]2[C@@H](C(=O)O)C2(C)C)n1. The molecule has 0 radical (unpaired) electrons. The summed E-state index contributed by atoms with van der Waals surface area (Å²) in [5.41, 5.74) is -0.0374. The smallest absolute Gasteiger partial charge is 0.311 e. The summed E-state index contributed by atoms with van der Waals surface area (Å²) in [6.45, 7) is 5.54. The van der Waals surface area contributed by atoms with Gasteiger partial charge in [0, 0.05) is 5.38 Å². The number of hydrogen-bond donors (Lipinski definition) is 2. The maximum atomic E-state index is 12.1. The Kier molecular flexibility index (Phi) is 4.50. The van der Waals surface area contributed by atoms with E-state index in [1.807, 2.05) is 0 Å². The highest BCUT2D eigenvalue weighted by Crippen LogP contribution is 2.58. The summed E-state index contributed by atoms with van der Waals surface area (Å²) >= 11 is 1.19. The van der Waals surface area contributed by atoms with Crippen molar-refractivity contribution in [3.8, 4) is 0 Å². The van der Waals surface area contributed by atoms with Crippen molar-refractivity contribution in [3.63, 3.8) is 0 Å². The summed E-state index contributed by atoms with van der Waals surface area (Å²) in [5.74, 6) is -2.93. The van der Waals surface area contributed by atoms with Crippen LogP contribution < -0.4 is 5.32 Å². The van der Waals surface area contributed by atoms with Gasteiger partial charge in [-0.15, -0.1) is 11.3 Å². The molecule has 7 nitrogen and oxygen atoms in total. The molecule has 0 bridgehead atoms. The van der Waals surface area contributed by atoms with Gasteiger partial charge in [-0.3, -0.25) is 14.4 Å². The largest absolute Gasteiger partial charge is 0.481 e. The van der Waals surface area contributed by atoms with E-state index in [4.69, 9.17) is 9.84 Å². The molecule has 0 unspecified atom stereocenters. The third-order valence-corrected chi connectivity index (χ3v) is 4.60. The van der Waals surface area contributed by atoms with Gasteiger partial charge in [-0.25, -0.2) is 4.98 Å². The molecule has 1 aromatic rings. The number of anilines is 1. The Balaban J connectivity index is 1.95. The normalized spacial score (nSPS) is 22.0. The average molecular weight is 326 g/mol. The number of aliphatic carboxylic acids is 1. The van der Waals surface area contributed by atoms with Crippen LogP contribution in [0.5, 0.6) is 0 Å². The third kappa shape index (κ3) is 3.27. The van der Waals surface area contributed by atoms with E-state index >= 15 is 0 Å².